The number of nitriles is 1. The molecule has 1 aromatic carbocycles. The molecule has 0 bridgehead atoms. The molecule has 0 heterocycles. The maximum absolute atomic E-state index is 11.2. The molecule has 0 amide bonds. The average Bonchev–Trinajstić information content (AvgIpc) is 2.02. The van der Waals surface area contributed by atoms with E-state index in [9.17, 15) is 8.42 Å². The lowest BCUT2D eigenvalue weighted by Gasteiger charge is -2.04. The van der Waals surface area contributed by atoms with Crippen molar-refractivity contribution in [3.8, 4) is 6.07 Å². The first-order valence-corrected chi connectivity index (χ1v) is 7.39. The van der Waals surface area contributed by atoms with Crippen LogP contribution in [0, 0.1) is 14.9 Å². The second-order valence-electron chi connectivity index (χ2n) is 2.29. The highest BCUT2D eigenvalue weighted by atomic mass is 127. The van der Waals surface area contributed by atoms with E-state index in [1.807, 2.05) is 28.7 Å². The van der Waals surface area contributed by atoms with Gasteiger partial charge in [0.2, 0.25) is 0 Å². The zero-order valence-corrected chi connectivity index (χ0v) is 11.8. The van der Waals surface area contributed by atoms with Gasteiger partial charge in [-0.25, -0.2) is 8.42 Å². The minimum atomic E-state index is -3.83. The molecule has 0 radical (unpaired) electrons. The van der Waals surface area contributed by atoms with Gasteiger partial charge in [-0.1, -0.05) is 0 Å². The third-order valence-corrected chi connectivity index (χ3v) is 5.14. The van der Waals surface area contributed by atoms with Gasteiger partial charge < -0.3 is 0 Å². The molecule has 0 aromatic heterocycles. The molecule has 0 saturated carbocycles. The quantitative estimate of drug-likeness (QED) is 0.532. The third kappa shape index (κ3) is 2.39. The fourth-order valence-electron chi connectivity index (χ4n) is 0.842. The standard InChI is InChI=1S/C7H2BrClINO2S/c8-6-4(3-11)1-2-5(10)7(6)14(9,12)13/h1-2H. The van der Waals surface area contributed by atoms with Gasteiger partial charge >= 0.3 is 0 Å². The zero-order valence-electron chi connectivity index (χ0n) is 6.46. The van der Waals surface area contributed by atoms with E-state index in [0.29, 0.717) is 3.57 Å². The van der Waals surface area contributed by atoms with Crippen molar-refractivity contribution in [1.82, 2.24) is 0 Å². The van der Waals surface area contributed by atoms with E-state index in [-0.39, 0.29) is 14.9 Å². The van der Waals surface area contributed by atoms with Gasteiger partial charge in [-0.15, -0.1) is 0 Å². The van der Waals surface area contributed by atoms with Gasteiger partial charge in [0.05, 0.1) is 10.0 Å². The molecule has 0 atom stereocenters. The fraction of sp³-hybridized carbons (Fsp3) is 0. The van der Waals surface area contributed by atoms with Gasteiger partial charge in [0.15, 0.2) is 0 Å². The summed E-state index contributed by atoms with van der Waals surface area (Å²) in [4.78, 5) is -0.0567. The van der Waals surface area contributed by atoms with Crippen molar-refractivity contribution in [3.63, 3.8) is 0 Å². The molecule has 1 aromatic rings. The van der Waals surface area contributed by atoms with Crippen LogP contribution in [0.25, 0.3) is 0 Å². The third-order valence-electron chi connectivity index (χ3n) is 1.41. The molecule has 0 aliphatic carbocycles. The molecular weight excluding hydrogens is 404 g/mol. The maximum Gasteiger partial charge on any atom is 0.263 e. The second-order valence-corrected chi connectivity index (χ2v) is 6.75. The molecule has 0 aliphatic rings. The summed E-state index contributed by atoms with van der Waals surface area (Å²) in [5.74, 6) is 0. The Morgan fingerprint density at radius 2 is 2.07 bits per heavy atom. The van der Waals surface area contributed by atoms with Crippen molar-refractivity contribution in [2.45, 2.75) is 4.90 Å². The highest BCUT2D eigenvalue weighted by molar-refractivity contribution is 14.1. The lowest BCUT2D eigenvalue weighted by molar-refractivity contribution is 0.608. The molecule has 0 unspecified atom stereocenters. The molecule has 0 fully saturated rings. The van der Waals surface area contributed by atoms with Crippen molar-refractivity contribution in [2.75, 3.05) is 0 Å². The zero-order chi connectivity index (χ0) is 10.9. The maximum atomic E-state index is 11.2. The molecule has 0 spiro atoms. The Balaban J connectivity index is 3.68. The molecule has 0 aliphatic heterocycles. The Morgan fingerprint density at radius 1 is 1.50 bits per heavy atom. The van der Waals surface area contributed by atoms with Gasteiger partial charge in [0.25, 0.3) is 9.05 Å². The van der Waals surface area contributed by atoms with Crippen LogP contribution in [0.5, 0.6) is 0 Å². The van der Waals surface area contributed by atoms with E-state index in [1.54, 1.807) is 0 Å². The van der Waals surface area contributed by atoms with Crippen molar-refractivity contribution in [1.29, 1.82) is 5.26 Å². The van der Waals surface area contributed by atoms with Crippen LogP contribution in [0.2, 0.25) is 0 Å². The first-order valence-electron chi connectivity index (χ1n) is 3.20. The summed E-state index contributed by atoms with van der Waals surface area (Å²) in [6, 6.07) is 4.91. The van der Waals surface area contributed by atoms with Crippen LogP contribution in [0.1, 0.15) is 5.56 Å². The summed E-state index contributed by atoms with van der Waals surface area (Å²) in [5.41, 5.74) is 0.240. The van der Waals surface area contributed by atoms with Gasteiger partial charge in [0.1, 0.15) is 11.0 Å². The summed E-state index contributed by atoms with van der Waals surface area (Å²) < 4.78 is 23.0. The van der Waals surface area contributed by atoms with Crippen molar-refractivity contribution in [3.05, 3.63) is 25.7 Å². The van der Waals surface area contributed by atoms with Gasteiger partial charge in [-0.2, -0.15) is 5.26 Å². The van der Waals surface area contributed by atoms with Gasteiger partial charge in [0, 0.05) is 14.3 Å². The monoisotopic (exact) mass is 405 g/mol. The molecule has 1 rings (SSSR count). The molecular formula is C7H2BrClINO2S. The summed E-state index contributed by atoms with van der Waals surface area (Å²) in [7, 11) is 1.40. The van der Waals surface area contributed by atoms with Crippen LogP contribution in [0.15, 0.2) is 21.5 Å². The van der Waals surface area contributed by atoms with Gasteiger partial charge in [-0.05, 0) is 50.7 Å². The predicted octanol–water partition coefficient (Wildman–Crippen LogP) is 2.85. The van der Waals surface area contributed by atoms with Crippen LogP contribution in [0.4, 0.5) is 0 Å². The number of rotatable bonds is 1. The Kier molecular flexibility index (Phi) is 3.80. The molecule has 7 heteroatoms. The lowest BCUT2D eigenvalue weighted by atomic mass is 10.2. The molecule has 74 valence electrons. The number of benzene rings is 1. The molecule has 14 heavy (non-hydrogen) atoms. The van der Waals surface area contributed by atoms with E-state index in [1.165, 1.54) is 12.1 Å². The largest absolute Gasteiger partial charge is 0.263 e. The summed E-state index contributed by atoms with van der Waals surface area (Å²) in [6.07, 6.45) is 0. The van der Waals surface area contributed by atoms with E-state index in [0.717, 1.165) is 0 Å². The fourth-order valence-corrected chi connectivity index (χ4v) is 5.38. The first kappa shape index (κ1) is 12.2. The van der Waals surface area contributed by atoms with E-state index < -0.39 is 9.05 Å². The Labute approximate surface area is 108 Å². The van der Waals surface area contributed by atoms with Crippen LogP contribution in [0.3, 0.4) is 0 Å². The number of hydrogen-bond donors (Lipinski definition) is 0. The highest BCUT2D eigenvalue weighted by Crippen LogP contribution is 2.32. The number of hydrogen-bond acceptors (Lipinski definition) is 3. The number of nitrogens with zero attached hydrogens (tertiary/aromatic N) is 1. The summed E-state index contributed by atoms with van der Waals surface area (Å²) in [5, 5.41) is 8.68. The topological polar surface area (TPSA) is 57.9 Å². The molecule has 3 nitrogen and oxygen atoms in total. The van der Waals surface area contributed by atoms with E-state index >= 15 is 0 Å². The minimum Gasteiger partial charge on any atom is -0.207 e. The second kappa shape index (κ2) is 4.35. The van der Waals surface area contributed by atoms with Gasteiger partial charge in [-0.3, -0.25) is 0 Å². The first-order chi connectivity index (χ1) is 6.38. The van der Waals surface area contributed by atoms with E-state index in [2.05, 4.69) is 15.9 Å². The van der Waals surface area contributed by atoms with Crippen molar-refractivity contribution in [2.24, 2.45) is 0 Å². The van der Waals surface area contributed by atoms with Crippen LogP contribution in [-0.2, 0) is 9.05 Å². The normalized spacial score (nSPS) is 11.0. The summed E-state index contributed by atoms with van der Waals surface area (Å²) >= 11 is 4.88. The van der Waals surface area contributed by atoms with Crippen LogP contribution < -0.4 is 0 Å². The Bertz CT molecular complexity index is 523. The average molecular weight is 406 g/mol. The summed E-state index contributed by atoms with van der Waals surface area (Å²) in [6.45, 7) is 0. The Morgan fingerprint density at radius 3 is 2.50 bits per heavy atom. The molecule has 0 N–H and O–H groups in total. The van der Waals surface area contributed by atoms with Crippen LogP contribution >= 0.6 is 49.2 Å². The van der Waals surface area contributed by atoms with E-state index in [4.69, 9.17) is 15.9 Å². The van der Waals surface area contributed by atoms with Crippen molar-refractivity contribution < 1.29 is 8.42 Å². The Hall–Kier alpha value is 0.160. The molecule has 0 saturated heterocycles. The number of halogens is 3. The predicted molar refractivity (Wildman–Crippen MR) is 64.6 cm³/mol. The lowest BCUT2D eigenvalue weighted by Crippen LogP contribution is -1.97. The smallest absolute Gasteiger partial charge is 0.207 e. The minimum absolute atomic E-state index is 0.0567. The highest BCUT2D eigenvalue weighted by Gasteiger charge is 2.20. The van der Waals surface area contributed by atoms with Crippen LogP contribution in [-0.4, -0.2) is 8.42 Å². The van der Waals surface area contributed by atoms with Crippen molar-refractivity contribution >= 4 is 58.3 Å². The SMILES string of the molecule is N#Cc1ccc(I)c(S(=O)(=O)Cl)c1Br.